The lowest BCUT2D eigenvalue weighted by atomic mass is 10.0. The average molecular weight is 254 g/mol. The highest BCUT2D eigenvalue weighted by molar-refractivity contribution is 6.33. The van der Waals surface area contributed by atoms with E-state index in [1.807, 2.05) is 6.92 Å². The average Bonchev–Trinajstić information content (AvgIpc) is 2.27. The van der Waals surface area contributed by atoms with Gasteiger partial charge in [0.1, 0.15) is 0 Å². The molecule has 0 amide bonds. The Morgan fingerprint density at radius 2 is 1.82 bits per heavy atom. The molecule has 0 radical (unpaired) electrons. The van der Waals surface area contributed by atoms with Gasteiger partial charge >= 0.3 is 0 Å². The van der Waals surface area contributed by atoms with Crippen LogP contribution in [0, 0.1) is 18.6 Å². The number of hydrogen-bond acceptors (Lipinski definition) is 1. The standard InChI is InChI=1S/C13H10ClF2N/c1-7-2-3-8(11(17)6-7)12-9(14)4-5-10(15)13(12)16/h2-6H,17H2,1H3. The number of anilines is 1. The van der Waals surface area contributed by atoms with Crippen molar-refractivity contribution in [2.45, 2.75) is 6.92 Å². The van der Waals surface area contributed by atoms with Gasteiger partial charge in [0, 0.05) is 16.8 Å². The summed E-state index contributed by atoms with van der Waals surface area (Å²) < 4.78 is 26.9. The first-order chi connectivity index (χ1) is 8.00. The quantitative estimate of drug-likeness (QED) is 0.599. The molecule has 0 bridgehead atoms. The molecule has 2 N–H and O–H groups in total. The maximum Gasteiger partial charge on any atom is 0.168 e. The van der Waals surface area contributed by atoms with E-state index < -0.39 is 11.6 Å². The first kappa shape index (κ1) is 11.9. The van der Waals surface area contributed by atoms with Gasteiger partial charge in [0.15, 0.2) is 11.6 Å². The highest BCUT2D eigenvalue weighted by Gasteiger charge is 2.16. The molecule has 1 nitrogen and oxygen atoms in total. The second kappa shape index (κ2) is 4.34. The molecule has 0 aliphatic carbocycles. The van der Waals surface area contributed by atoms with Crippen LogP contribution < -0.4 is 5.73 Å². The number of nitrogens with two attached hydrogens (primary N) is 1. The summed E-state index contributed by atoms with van der Waals surface area (Å²) in [5.74, 6) is -1.92. The van der Waals surface area contributed by atoms with Gasteiger partial charge in [-0.2, -0.15) is 0 Å². The van der Waals surface area contributed by atoms with Crippen molar-refractivity contribution in [2.24, 2.45) is 0 Å². The zero-order chi connectivity index (χ0) is 12.6. The lowest BCUT2D eigenvalue weighted by molar-refractivity contribution is 0.511. The first-order valence-corrected chi connectivity index (χ1v) is 5.38. The molecule has 0 aliphatic heterocycles. The van der Waals surface area contributed by atoms with Gasteiger partial charge < -0.3 is 5.73 Å². The molecule has 2 aromatic carbocycles. The molecule has 2 aromatic rings. The van der Waals surface area contributed by atoms with Crippen molar-refractivity contribution in [1.29, 1.82) is 0 Å². The Morgan fingerprint density at radius 1 is 1.12 bits per heavy atom. The highest BCUT2D eigenvalue weighted by atomic mass is 35.5. The summed E-state index contributed by atoms with van der Waals surface area (Å²) in [5.41, 5.74) is 7.51. The lowest BCUT2D eigenvalue weighted by Crippen LogP contribution is -1.96. The molecule has 0 atom stereocenters. The van der Waals surface area contributed by atoms with Crippen molar-refractivity contribution in [1.82, 2.24) is 0 Å². The van der Waals surface area contributed by atoms with E-state index in [0.717, 1.165) is 11.6 Å². The van der Waals surface area contributed by atoms with E-state index in [0.29, 0.717) is 11.3 Å². The van der Waals surface area contributed by atoms with Crippen LogP contribution in [-0.2, 0) is 0 Å². The van der Waals surface area contributed by atoms with E-state index in [9.17, 15) is 8.78 Å². The number of benzene rings is 2. The van der Waals surface area contributed by atoms with Crippen LogP contribution in [0.2, 0.25) is 5.02 Å². The Hall–Kier alpha value is -1.61. The molecular formula is C13H10ClF2N. The van der Waals surface area contributed by atoms with Crippen molar-refractivity contribution in [3.8, 4) is 11.1 Å². The third-order valence-corrected chi connectivity index (χ3v) is 2.84. The molecular weight excluding hydrogens is 244 g/mol. The van der Waals surface area contributed by atoms with Crippen LogP contribution >= 0.6 is 11.6 Å². The van der Waals surface area contributed by atoms with Crippen LogP contribution in [0.5, 0.6) is 0 Å². The molecule has 0 aromatic heterocycles. The number of halogens is 3. The summed E-state index contributed by atoms with van der Waals surface area (Å²) in [7, 11) is 0. The molecule has 4 heteroatoms. The molecule has 2 rings (SSSR count). The fourth-order valence-corrected chi connectivity index (χ4v) is 1.93. The van der Waals surface area contributed by atoms with Crippen LogP contribution in [0.15, 0.2) is 30.3 Å². The predicted molar refractivity (Wildman–Crippen MR) is 66.0 cm³/mol. The molecule has 0 saturated heterocycles. The lowest BCUT2D eigenvalue weighted by Gasteiger charge is -2.10. The largest absolute Gasteiger partial charge is 0.398 e. The van der Waals surface area contributed by atoms with Gasteiger partial charge in [-0.1, -0.05) is 23.7 Å². The number of rotatable bonds is 1. The maximum absolute atomic E-state index is 13.7. The first-order valence-electron chi connectivity index (χ1n) is 5.00. The van der Waals surface area contributed by atoms with Crippen LogP contribution in [-0.4, -0.2) is 0 Å². The minimum absolute atomic E-state index is 0.00386. The second-order valence-electron chi connectivity index (χ2n) is 3.81. The monoisotopic (exact) mass is 253 g/mol. The van der Waals surface area contributed by atoms with E-state index >= 15 is 0 Å². The van der Waals surface area contributed by atoms with Crippen molar-refractivity contribution < 1.29 is 8.78 Å². The van der Waals surface area contributed by atoms with Crippen molar-refractivity contribution in [2.75, 3.05) is 5.73 Å². The van der Waals surface area contributed by atoms with Gasteiger partial charge in [0.05, 0.1) is 5.02 Å². The van der Waals surface area contributed by atoms with E-state index in [-0.39, 0.29) is 10.6 Å². The minimum Gasteiger partial charge on any atom is -0.398 e. The van der Waals surface area contributed by atoms with Gasteiger partial charge in [-0.3, -0.25) is 0 Å². The molecule has 0 spiro atoms. The molecule has 0 fully saturated rings. The topological polar surface area (TPSA) is 26.0 Å². The van der Waals surface area contributed by atoms with Gasteiger partial charge in [-0.25, -0.2) is 8.78 Å². The molecule has 88 valence electrons. The summed E-state index contributed by atoms with van der Waals surface area (Å²) in [6.45, 7) is 1.86. The van der Waals surface area contributed by atoms with E-state index in [1.54, 1.807) is 18.2 Å². The third kappa shape index (κ3) is 2.11. The predicted octanol–water partition coefficient (Wildman–Crippen LogP) is 4.18. The molecule has 0 aliphatic rings. The van der Waals surface area contributed by atoms with Crippen LogP contribution in [0.3, 0.4) is 0 Å². The van der Waals surface area contributed by atoms with E-state index in [2.05, 4.69) is 0 Å². The Labute approximate surface area is 103 Å². The van der Waals surface area contributed by atoms with E-state index in [1.165, 1.54) is 6.07 Å². The fraction of sp³-hybridized carbons (Fsp3) is 0.0769. The van der Waals surface area contributed by atoms with Crippen molar-refractivity contribution >= 4 is 17.3 Å². The zero-order valence-electron chi connectivity index (χ0n) is 9.10. The van der Waals surface area contributed by atoms with Crippen LogP contribution in [0.4, 0.5) is 14.5 Å². The van der Waals surface area contributed by atoms with Crippen LogP contribution in [0.1, 0.15) is 5.56 Å². The number of nitrogen functional groups attached to an aromatic ring is 1. The zero-order valence-corrected chi connectivity index (χ0v) is 9.85. The van der Waals surface area contributed by atoms with Gasteiger partial charge in [0.25, 0.3) is 0 Å². The molecule has 0 heterocycles. The molecule has 17 heavy (non-hydrogen) atoms. The summed E-state index contributed by atoms with van der Waals surface area (Å²) in [6.07, 6.45) is 0. The Kier molecular flexibility index (Phi) is 3.03. The Morgan fingerprint density at radius 3 is 2.47 bits per heavy atom. The normalized spacial score (nSPS) is 10.6. The summed E-state index contributed by atoms with van der Waals surface area (Å²) >= 11 is 5.89. The number of aryl methyl sites for hydroxylation is 1. The second-order valence-corrected chi connectivity index (χ2v) is 4.22. The molecule has 0 saturated carbocycles. The van der Waals surface area contributed by atoms with Gasteiger partial charge in [-0.05, 0) is 30.7 Å². The summed E-state index contributed by atoms with van der Waals surface area (Å²) in [4.78, 5) is 0. The van der Waals surface area contributed by atoms with Crippen molar-refractivity contribution in [3.63, 3.8) is 0 Å². The smallest absolute Gasteiger partial charge is 0.168 e. The Bertz CT molecular complexity index is 582. The minimum atomic E-state index is -0.979. The number of hydrogen-bond donors (Lipinski definition) is 1. The highest BCUT2D eigenvalue weighted by Crippen LogP contribution is 2.35. The van der Waals surface area contributed by atoms with E-state index in [4.69, 9.17) is 17.3 Å². The molecule has 0 unspecified atom stereocenters. The fourth-order valence-electron chi connectivity index (χ4n) is 1.68. The third-order valence-electron chi connectivity index (χ3n) is 2.52. The summed E-state index contributed by atoms with van der Waals surface area (Å²) in [6, 6.07) is 7.40. The SMILES string of the molecule is Cc1ccc(-c2c(Cl)ccc(F)c2F)c(N)c1. The van der Waals surface area contributed by atoms with Gasteiger partial charge in [-0.15, -0.1) is 0 Å². The Balaban J connectivity index is 2.72. The summed E-state index contributed by atoms with van der Waals surface area (Å²) in [5, 5.41) is 0.138. The van der Waals surface area contributed by atoms with Gasteiger partial charge in [0.2, 0.25) is 0 Å². The maximum atomic E-state index is 13.7. The van der Waals surface area contributed by atoms with Crippen LogP contribution in [0.25, 0.3) is 11.1 Å². The van der Waals surface area contributed by atoms with Crippen molar-refractivity contribution in [3.05, 3.63) is 52.6 Å².